The van der Waals surface area contributed by atoms with Crippen LogP contribution in [0, 0.1) is 24.0 Å². The summed E-state index contributed by atoms with van der Waals surface area (Å²) in [6.45, 7) is 8.13. The van der Waals surface area contributed by atoms with Gasteiger partial charge in [0.1, 0.15) is 11.4 Å². The van der Waals surface area contributed by atoms with Gasteiger partial charge in [0.2, 0.25) is 0 Å². The number of nitro groups is 1. The second-order valence-corrected chi connectivity index (χ2v) is 6.01. The first kappa shape index (κ1) is 15.5. The van der Waals surface area contributed by atoms with E-state index in [4.69, 9.17) is 0 Å². The maximum atomic E-state index is 11.1. The average Bonchev–Trinajstić information content (AvgIpc) is 2.83. The molecule has 7 nitrogen and oxygen atoms in total. The number of anilines is 1. The van der Waals surface area contributed by atoms with Crippen LogP contribution in [0.15, 0.2) is 30.3 Å². The van der Waals surface area contributed by atoms with Gasteiger partial charge in [-0.25, -0.2) is 4.68 Å². The van der Waals surface area contributed by atoms with E-state index >= 15 is 0 Å². The molecule has 1 aromatic heterocycles. The fourth-order valence-corrected chi connectivity index (χ4v) is 3.20. The van der Waals surface area contributed by atoms with E-state index in [1.165, 1.54) is 10.6 Å². The van der Waals surface area contributed by atoms with Crippen LogP contribution in [0.3, 0.4) is 0 Å². The van der Waals surface area contributed by atoms with Gasteiger partial charge in [-0.2, -0.15) is 5.10 Å². The molecule has 2 aromatic rings. The molecule has 1 N–H and O–H groups in total. The van der Waals surface area contributed by atoms with Gasteiger partial charge >= 0.3 is 5.69 Å². The van der Waals surface area contributed by atoms with Crippen LogP contribution < -0.4 is 9.80 Å². The van der Waals surface area contributed by atoms with Crippen LogP contribution in [0.2, 0.25) is 0 Å². The summed E-state index contributed by atoms with van der Waals surface area (Å²) in [7, 11) is 0. The van der Waals surface area contributed by atoms with Gasteiger partial charge in [-0.05, 0) is 26.0 Å². The van der Waals surface area contributed by atoms with Gasteiger partial charge in [0, 0.05) is 5.69 Å². The molecule has 0 amide bonds. The molecular weight excluding hydrogens is 294 g/mol. The van der Waals surface area contributed by atoms with Gasteiger partial charge in [0.15, 0.2) is 6.67 Å². The Balaban J connectivity index is 1.63. The Morgan fingerprint density at radius 3 is 2.43 bits per heavy atom. The molecule has 1 saturated heterocycles. The Bertz CT molecular complexity index is 690. The predicted octanol–water partition coefficient (Wildman–Crippen LogP) is 0.771. The third kappa shape index (κ3) is 3.19. The standard InChI is InChI=1S/C16H21N5O2/c1-13-16(21(22)23)14(2)20(17-13)12-18-8-10-19(11-9-18)15-6-4-3-5-7-15/h3-7H,8-12H2,1-2H3/p+1. The van der Waals surface area contributed by atoms with E-state index in [0.29, 0.717) is 18.1 Å². The molecule has 1 fully saturated rings. The fraction of sp³-hybridized carbons (Fsp3) is 0.438. The zero-order valence-electron chi connectivity index (χ0n) is 13.5. The van der Waals surface area contributed by atoms with Crippen molar-refractivity contribution in [1.29, 1.82) is 0 Å². The fourth-order valence-electron chi connectivity index (χ4n) is 3.20. The molecule has 0 unspecified atom stereocenters. The summed E-state index contributed by atoms with van der Waals surface area (Å²) in [5.41, 5.74) is 2.54. The van der Waals surface area contributed by atoms with Crippen molar-refractivity contribution >= 4 is 11.4 Å². The van der Waals surface area contributed by atoms with Crippen LogP contribution in [-0.2, 0) is 6.67 Å². The summed E-state index contributed by atoms with van der Waals surface area (Å²) in [6, 6.07) is 10.4. The number of benzene rings is 1. The van der Waals surface area contributed by atoms with Crippen LogP contribution in [0.5, 0.6) is 0 Å². The van der Waals surface area contributed by atoms with Gasteiger partial charge in [0.05, 0.1) is 31.1 Å². The number of nitrogens with one attached hydrogen (secondary N) is 1. The normalized spacial score (nSPS) is 15.8. The molecule has 0 atom stereocenters. The molecule has 0 saturated carbocycles. The van der Waals surface area contributed by atoms with Gasteiger partial charge in [0.25, 0.3) is 0 Å². The van der Waals surface area contributed by atoms with E-state index in [1.807, 2.05) is 6.07 Å². The van der Waals surface area contributed by atoms with Crippen LogP contribution in [-0.4, -0.2) is 40.9 Å². The lowest BCUT2D eigenvalue weighted by atomic mass is 10.2. The summed E-state index contributed by atoms with van der Waals surface area (Å²) in [5, 5.41) is 15.4. The summed E-state index contributed by atoms with van der Waals surface area (Å²) in [5.74, 6) is 0. The molecule has 7 heteroatoms. The lowest BCUT2D eigenvalue weighted by molar-refractivity contribution is -0.924. The molecular formula is C16H22N5O2+. The van der Waals surface area contributed by atoms with Crippen LogP contribution >= 0.6 is 0 Å². The topological polar surface area (TPSA) is 68.6 Å². The van der Waals surface area contributed by atoms with E-state index in [0.717, 1.165) is 26.2 Å². The van der Waals surface area contributed by atoms with Crippen molar-refractivity contribution < 1.29 is 9.82 Å². The van der Waals surface area contributed by atoms with Crippen molar-refractivity contribution in [3.8, 4) is 0 Å². The molecule has 0 bridgehead atoms. The monoisotopic (exact) mass is 316 g/mol. The molecule has 0 radical (unpaired) electrons. The summed E-state index contributed by atoms with van der Waals surface area (Å²) < 4.78 is 1.78. The van der Waals surface area contributed by atoms with Gasteiger partial charge < -0.3 is 9.80 Å². The molecule has 0 spiro atoms. The van der Waals surface area contributed by atoms with Crippen LogP contribution in [0.1, 0.15) is 11.4 Å². The summed E-state index contributed by atoms with van der Waals surface area (Å²) in [6.07, 6.45) is 0. The highest BCUT2D eigenvalue weighted by Crippen LogP contribution is 2.21. The molecule has 0 aliphatic carbocycles. The third-order valence-corrected chi connectivity index (χ3v) is 4.49. The largest absolute Gasteiger partial charge is 0.360 e. The Morgan fingerprint density at radius 2 is 1.87 bits per heavy atom. The van der Waals surface area contributed by atoms with E-state index in [1.54, 1.807) is 18.5 Å². The van der Waals surface area contributed by atoms with E-state index in [9.17, 15) is 10.1 Å². The predicted molar refractivity (Wildman–Crippen MR) is 87.7 cm³/mol. The average molecular weight is 316 g/mol. The second-order valence-electron chi connectivity index (χ2n) is 6.01. The summed E-state index contributed by atoms with van der Waals surface area (Å²) in [4.78, 5) is 14.5. The molecule has 3 rings (SSSR count). The maximum Gasteiger partial charge on any atom is 0.312 e. The molecule has 1 aliphatic rings. The van der Waals surface area contributed by atoms with Crippen molar-refractivity contribution in [3.63, 3.8) is 0 Å². The van der Waals surface area contributed by atoms with Crippen molar-refractivity contribution in [1.82, 2.24) is 9.78 Å². The van der Waals surface area contributed by atoms with Gasteiger partial charge in [-0.15, -0.1) is 0 Å². The van der Waals surface area contributed by atoms with E-state index < -0.39 is 0 Å². The Morgan fingerprint density at radius 1 is 1.22 bits per heavy atom. The summed E-state index contributed by atoms with van der Waals surface area (Å²) >= 11 is 0. The van der Waals surface area contributed by atoms with Crippen molar-refractivity contribution in [3.05, 3.63) is 51.8 Å². The number of aromatic nitrogens is 2. The van der Waals surface area contributed by atoms with Crippen molar-refractivity contribution in [2.75, 3.05) is 31.1 Å². The third-order valence-electron chi connectivity index (χ3n) is 4.49. The number of piperazine rings is 1. The first-order chi connectivity index (χ1) is 11.1. The molecule has 122 valence electrons. The molecule has 1 aromatic carbocycles. The number of nitrogens with zero attached hydrogens (tertiary/aromatic N) is 4. The van der Waals surface area contributed by atoms with Gasteiger partial charge in [-0.3, -0.25) is 10.1 Å². The zero-order chi connectivity index (χ0) is 16.4. The lowest BCUT2D eigenvalue weighted by Crippen LogP contribution is -3.14. The van der Waals surface area contributed by atoms with Crippen molar-refractivity contribution in [2.24, 2.45) is 0 Å². The number of rotatable bonds is 4. The maximum absolute atomic E-state index is 11.1. The number of quaternary nitrogens is 1. The van der Waals surface area contributed by atoms with Crippen LogP contribution in [0.25, 0.3) is 0 Å². The van der Waals surface area contributed by atoms with Crippen LogP contribution in [0.4, 0.5) is 11.4 Å². The molecule has 23 heavy (non-hydrogen) atoms. The Hall–Kier alpha value is -2.41. The quantitative estimate of drug-likeness (QED) is 0.668. The lowest BCUT2D eigenvalue weighted by Gasteiger charge is -2.33. The van der Waals surface area contributed by atoms with Crippen molar-refractivity contribution in [2.45, 2.75) is 20.5 Å². The number of hydrogen-bond donors (Lipinski definition) is 1. The Kier molecular flexibility index (Phi) is 4.29. The zero-order valence-corrected chi connectivity index (χ0v) is 13.5. The highest BCUT2D eigenvalue weighted by Gasteiger charge is 2.25. The number of para-hydroxylation sites is 1. The van der Waals surface area contributed by atoms with E-state index in [-0.39, 0.29) is 10.6 Å². The minimum atomic E-state index is -0.336. The highest BCUT2D eigenvalue weighted by atomic mass is 16.6. The SMILES string of the molecule is Cc1nn(C[NH+]2CCN(c3ccccc3)CC2)c(C)c1[N+](=O)[O-]. The number of hydrogen-bond acceptors (Lipinski definition) is 4. The highest BCUT2D eigenvalue weighted by molar-refractivity contribution is 5.46. The first-order valence-electron chi connectivity index (χ1n) is 7.88. The molecule has 1 aliphatic heterocycles. The number of aryl methyl sites for hydroxylation is 1. The second kappa shape index (κ2) is 6.37. The minimum Gasteiger partial charge on any atom is -0.360 e. The smallest absolute Gasteiger partial charge is 0.312 e. The molecule has 2 heterocycles. The Labute approximate surface area is 135 Å². The first-order valence-corrected chi connectivity index (χ1v) is 7.88. The van der Waals surface area contributed by atoms with Gasteiger partial charge in [-0.1, -0.05) is 18.2 Å². The minimum absolute atomic E-state index is 0.146. The van der Waals surface area contributed by atoms with E-state index in [2.05, 4.69) is 34.3 Å².